The van der Waals surface area contributed by atoms with Crippen molar-refractivity contribution in [2.24, 2.45) is 0 Å². The third-order valence-corrected chi connectivity index (χ3v) is 3.03. The molecule has 0 unspecified atom stereocenters. The van der Waals surface area contributed by atoms with Gasteiger partial charge in [0, 0.05) is 0 Å². The van der Waals surface area contributed by atoms with Crippen LogP contribution in [-0.4, -0.2) is 16.6 Å². The van der Waals surface area contributed by atoms with Gasteiger partial charge in [-0.15, -0.1) is 0 Å². The molecule has 0 spiro atoms. The van der Waals surface area contributed by atoms with Crippen LogP contribution in [0, 0.1) is 0 Å². The van der Waals surface area contributed by atoms with Gasteiger partial charge >= 0.3 is 74.9 Å². The van der Waals surface area contributed by atoms with Gasteiger partial charge in [-0.05, 0) is 0 Å². The molecule has 0 aliphatic rings. The Morgan fingerprint density at radius 1 is 1.27 bits per heavy atom. The van der Waals surface area contributed by atoms with E-state index in [1.165, 1.54) is 3.07 Å². The summed E-state index contributed by atoms with van der Waals surface area (Å²) in [5.41, 5.74) is 0.370. The van der Waals surface area contributed by atoms with E-state index in [0.29, 0.717) is 31.7 Å². The van der Waals surface area contributed by atoms with Gasteiger partial charge in [-0.3, -0.25) is 0 Å². The summed E-state index contributed by atoms with van der Waals surface area (Å²) < 4.78 is 1.27. The Hall–Kier alpha value is -0.415. The first-order chi connectivity index (χ1) is 4.70. The number of hydrogen-bond donors (Lipinski definition) is 1. The van der Waals surface area contributed by atoms with E-state index in [0.717, 1.165) is 0 Å². The Balaban J connectivity index is 0.000001000. The predicted molar refractivity (Wildman–Crippen MR) is 36.6 cm³/mol. The second-order valence-electron chi connectivity index (χ2n) is 2.00. The standard InChI is InChI=1S/C7H5O2.Hg.H2O/c8-7(9)6-4-2-1-3-5-6;;/h2-5H,(H,8,9);;1H2. The first-order valence-electron chi connectivity index (χ1n) is 2.85. The molecule has 0 radical (unpaired) electrons. The molecule has 3 nitrogen and oxygen atoms in total. The fraction of sp³-hybridized carbons (Fsp3) is 0. The SMILES string of the molecule is O.O=C(O)c1cc[c]([Hg])cc1. The minimum atomic E-state index is -0.853. The topological polar surface area (TPSA) is 68.8 Å². The average molecular weight is 340 g/mol. The minimum absolute atomic E-state index is 0. The van der Waals surface area contributed by atoms with Crippen LogP contribution in [0.25, 0.3) is 0 Å². The van der Waals surface area contributed by atoms with E-state index in [-0.39, 0.29) is 5.48 Å². The summed E-state index contributed by atoms with van der Waals surface area (Å²) in [6, 6.07) is 7.02. The van der Waals surface area contributed by atoms with Crippen LogP contribution in [0.3, 0.4) is 0 Å². The molecule has 4 heteroatoms. The number of rotatable bonds is 1. The quantitative estimate of drug-likeness (QED) is 0.716. The zero-order valence-corrected chi connectivity index (χ0v) is 11.4. The number of carboxylic acid groups (broad SMARTS) is 1. The summed E-state index contributed by atoms with van der Waals surface area (Å²) >= 11 is 0.596. The van der Waals surface area contributed by atoms with Gasteiger partial charge in [0.2, 0.25) is 0 Å². The van der Waals surface area contributed by atoms with E-state index < -0.39 is 5.97 Å². The summed E-state index contributed by atoms with van der Waals surface area (Å²) in [6.45, 7) is 0. The van der Waals surface area contributed by atoms with E-state index in [1.54, 1.807) is 12.1 Å². The van der Waals surface area contributed by atoms with Crippen LogP contribution in [0.4, 0.5) is 0 Å². The molecular weight excluding hydrogens is 333 g/mol. The first-order valence-corrected chi connectivity index (χ1v) is 5.60. The molecule has 55 valence electrons. The molecule has 1 aromatic rings. The van der Waals surface area contributed by atoms with Crippen molar-refractivity contribution >= 4 is 9.04 Å². The second-order valence-corrected chi connectivity index (χ2v) is 5.18. The van der Waals surface area contributed by atoms with Crippen LogP contribution in [-0.2, 0) is 26.1 Å². The molecule has 0 atom stereocenters. The first kappa shape index (κ1) is 10.6. The second kappa shape index (κ2) is 4.46. The van der Waals surface area contributed by atoms with Gasteiger partial charge < -0.3 is 5.48 Å². The molecule has 0 bridgehead atoms. The molecule has 0 aromatic heterocycles. The average Bonchev–Trinajstić information content (AvgIpc) is 1.88. The fourth-order valence-corrected chi connectivity index (χ4v) is 1.56. The van der Waals surface area contributed by atoms with E-state index in [4.69, 9.17) is 5.11 Å². The van der Waals surface area contributed by atoms with Crippen molar-refractivity contribution in [3.63, 3.8) is 0 Å². The Labute approximate surface area is 80.3 Å². The van der Waals surface area contributed by atoms with Crippen LogP contribution in [0.2, 0.25) is 0 Å². The van der Waals surface area contributed by atoms with Crippen molar-refractivity contribution in [1.29, 1.82) is 0 Å². The Morgan fingerprint density at radius 3 is 2.09 bits per heavy atom. The van der Waals surface area contributed by atoms with Crippen LogP contribution in [0.1, 0.15) is 10.4 Å². The molecule has 0 saturated heterocycles. The molecule has 0 heterocycles. The maximum atomic E-state index is 10.3. The summed E-state index contributed by atoms with van der Waals surface area (Å²) in [5.74, 6) is -0.853. The van der Waals surface area contributed by atoms with Gasteiger partial charge in [-0.1, -0.05) is 0 Å². The number of hydrogen-bond acceptors (Lipinski definition) is 1. The van der Waals surface area contributed by atoms with Gasteiger partial charge in [0.15, 0.2) is 0 Å². The van der Waals surface area contributed by atoms with Crippen LogP contribution >= 0.6 is 0 Å². The number of carboxylic acids is 1. The summed E-state index contributed by atoms with van der Waals surface area (Å²) in [5, 5.41) is 8.49. The summed E-state index contributed by atoms with van der Waals surface area (Å²) in [4.78, 5) is 10.3. The molecule has 1 aromatic carbocycles. The van der Waals surface area contributed by atoms with Gasteiger partial charge in [0.25, 0.3) is 0 Å². The molecular formula is C7H7HgO3. The van der Waals surface area contributed by atoms with Gasteiger partial charge in [-0.2, -0.15) is 0 Å². The van der Waals surface area contributed by atoms with Crippen molar-refractivity contribution in [1.82, 2.24) is 0 Å². The van der Waals surface area contributed by atoms with Crippen molar-refractivity contribution < 1.29 is 41.5 Å². The van der Waals surface area contributed by atoms with Crippen molar-refractivity contribution in [3.8, 4) is 0 Å². The van der Waals surface area contributed by atoms with Gasteiger partial charge in [-0.25, -0.2) is 0 Å². The maximum absolute atomic E-state index is 10.3. The fourth-order valence-electron chi connectivity index (χ4n) is 0.647. The Morgan fingerprint density at radius 2 is 1.73 bits per heavy atom. The summed E-state index contributed by atoms with van der Waals surface area (Å²) in [6.07, 6.45) is 0. The van der Waals surface area contributed by atoms with Crippen LogP contribution in [0.5, 0.6) is 0 Å². The predicted octanol–water partition coefficient (Wildman–Crippen LogP) is -0.268. The Kier molecular flexibility index (Phi) is 4.29. The molecule has 1 rings (SSSR count). The van der Waals surface area contributed by atoms with Crippen molar-refractivity contribution in [2.75, 3.05) is 0 Å². The summed E-state index contributed by atoms with van der Waals surface area (Å²) in [7, 11) is 0. The van der Waals surface area contributed by atoms with Gasteiger partial charge in [0.05, 0.1) is 0 Å². The number of carbonyl (C=O) groups is 1. The van der Waals surface area contributed by atoms with E-state index >= 15 is 0 Å². The number of benzene rings is 1. The zero-order chi connectivity index (χ0) is 7.56. The van der Waals surface area contributed by atoms with Gasteiger partial charge in [0.1, 0.15) is 0 Å². The normalized spacial score (nSPS) is 8.55. The molecule has 0 amide bonds. The van der Waals surface area contributed by atoms with E-state index in [1.807, 2.05) is 12.1 Å². The monoisotopic (exact) mass is 341 g/mol. The van der Waals surface area contributed by atoms with Crippen molar-refractivity contribution in [3.05, 3.63) is 29.8 Å². The van der Waals surface area contributed by atoms with E-state index in [2.05, 4.69) is 0 Å². The molecule has 0 saturated carbocycles. The zero-order valence-electron chi connectivity index (χ0n) is 5.87. The molecule has 0 aliphatic carbocycles. The third-order valence-electron chi connectivity index (χ3n) is 1.20. The number of aromatic carboxylic acids is 1. The Bertz CT molecular complexity index is 242. The molecule has 11 heavy (non-hydrogen) atoms. The van der Waals surface area contributed by atoms with Crippen LogP contribution in [0.15, 0.2) is 24.3 Å². The third kappa shape index (κ3) is 2.99. The molecule has 0 fully saturated rings. The van der Waals surface area contributed by atoms with Crippen LogP contribution < -0.4 is 3.07 Å². The molecule has 3 N–H and O–H groups in total. The van der Waals surface area contributed by atoms with Crippen molar-refractivity contribution in [2.45, 2.75) is 0 Å². The van der Waals surface area contributed by atoms with E-state index in [9.17, 15) is 4.79 Å². The molecule has 0 aliphatic heterocycles.